The van der Waals surface area contributed by atoms with E-state index in [2.05, 4.69) is 55.4 Å². The molecular formula is C25H16Br2ClNO3. The standard InChI is InChI=1S/C25H16Br2ClNO3/c26-15-8-17-23(25(30)29-24(17)18(27)9-15)22-14(5-12-3-1-2-4-16(12)22)6-13-7-20-21(10-19(13)28)32-11-31-20/h1-5,7-10,22-23H,6,11H2,(H,29,30). The SMILES string of the molecule is O=C1Nc2c(Br)cc(Br)cc2C1C1C(Cc2cc3c(cc2Cl)OCO3)=Cc2ccccc21. The maximum Gasteiger partial charge on any atom is 0.232 e. The fourth-order valence-electron chi connectivity index (χ4n) is 4.93. The Morgan fingerprint density at radius 2 is 1.78 bits per heavy atom. The quantitative estimate of drug-likeness (QED) is 0.365. The van der Waals surface area contributed by atoms with Gasteiger partial charge < -0.3 is 14.8 Å². The minimum atomic E-state index is -0.332. The van der Waals surface area contributed by atoms with Crippen molar-refractivity contribution in [3.8, 4) is 11.5 Å². The molecule has 32 heavy (non-hydrogen) atoms. The zero-order valence-corrected chi connectivity index (χ0v) is 20.6. The van der Waals surface area contributed by atoms with Gasteiger partial charge in [0.2, 0.25) is 12.7 Å². The number of hydrogen-bond donors (Lipinski definition) is 1. The van der Waals surface area contributed by atoms with Gasteiger partial charge in [-0.25, -0.2) is 0 Å². The number of anilines is 1. The molecule has 1 aliphatic carbocycles. The third-order valence-electron chi connectivity index (χ3n) is 6.29. The summed E-state index contributed by atoms with van der Waals surface area (Å²) in [6, 6.07) is 16.0. The zero-order valence-electron chi connectivity index (χ0n) is 16.6. The monoisotopic (exact) mass is 571 g/mol. The molecule has 2 heterocycles. The fraction of sp³-hybridized carbons (Fsp3) is 0.160. The Morgan fingerprint density at radius 3 is 2.62 bits per heavy atom. The molecular weight excluding hydrogens is 558 g/mol. The van der Waals surface area contributed by atoms with Crippen LogP contribution in [-0.2, 0) is 11.2 Å². The minimum absolute atomic E-state index is 0.00295. The normalized spacial score (nSPS) is 20.1. The molecule has 2 unspecified atom stereocenters. The third-order valence-corrected chi connectivity index (χ3v) is 7.73. The first kappa shape index (κ1) is 20.3. The molecule has 0 spiro atoms. The molecule has 3 aliphatic rings. The molecule has 1 N–H and O–H groups in total. The lowest BCUT2D eigenvalue weighted by Crippen LogP contribution is -2.20. The molecule has 6 rings (SSSR count). The number of benzene rings is 3. The van der Waals surface area contributed by atoms with Crippen LogP contribution in [0.4, 0.5) is 5.69 Å². The second kappa shape index (κ2) is 7.65. The van der Waals surface area contributed by atoms with Crippen LogP contribution in [0.1, 0.15) is 34.1 Å². The lowest BCUT2D eigenvalue weighted by Gasteiger charge is -2.23. The summed E-state index contributed by atoms with van der Waals surface area (Å²) in [4.78, 5) is 13.3. The second-order valence-electron chi connectivity index (χ2n) is 8.12. The van der Waals surface area contributed by atoms with E-state index in [1.807, 2.05) is 36.4 Å². The number of nitrogens with one attached hydrogen (secondary N) is 1. The van der Waals surface area contributed by atoms with Crippen LogP contribution in [0.25, 0.3) is 6.08 Å². The summed E-state index contributed by atoms with van der Waals surface area (Å²) < 4.78 is 12.8. The highest BCUT2D eigenvalue weighted by atomic mass is 79.9. The van der Waals surface area contributed by atoms with Gasteiger partial charge in [0.05, 0.1) is 11.6 Å². The molecule has 3 aromatic rings. The first-order valence-corrected chi connectivity index (χ1v) is 12.1. The van der Waals surface area contributed by atoms with E-state index < -0.39 is 0 Å². The molecule has 3 aromatic carbocycles. The highest BCUT2D eigenvalue weighted by Gasteiger charge is 2.43. The van der Waals surface area contributed by atoms with Gasteiger partial charge in [-0.2, -0.15) is 0 Å². The lowest BCUT2D eigenvalue weighted by molar-refractivity contribution is -0.117. The summed E-state index contributed by atoms with van der Waals surface area (Å²) in [5, 5.41) is 3.72. The summed E-state index contributed by atoms with van der Waals surface area (Å²) in [7, 11) is 0. The minimum Gasteiger partial charge on any atom is -0.454 e. The average Bonchev–Trinajstić information content (AvgIpc) is 3.43. The molecule has 4 nitrogen and oxygen atoms in total. The molecule has 160 valence electrons. The van der Waals surface area contributed by atoms with E-state index in [1.54, 1.807) is 0 Å². The number of ether oxygens (including phenoxy) is 2. The maximum absolute atomic E-state index is 13.3. The molecule has 7 heteroatoms. The molecule has 0 saturated carbocycles. The van der Waals surface area contributed by atoms with Crippen LogP contribution in [0.15, 0.2) is 63.0 Å². The fourth-order valence-corrected chi connectivity index (χ4v) is 6.51. The lowest BCUT2D eigenvalue weighted by atomic mass is 9.78. The van der Waals surface area contributed by atoms with E-state index in [9.17, 15) is 4.79 Å². The van der Waals surface area contributed by atoms with Crippen molar-refractivity contribution in [3.05, 3.63) is 90.3 Å². The van der Waals surface area contributed by atoms with Crippen LogP contribution in [0.2, 0.25) is 5.02 Å². The van der Waals surface area contributed by atoms with Crippen LogP contribution in [0.5, 0.6) is 11.5 Å². The number of carbonyl (C=O) groups excluding carboxylic acids is 1. The number of allylic oxidation sites excluding steroid dienone is 1. The van der Waals surface area contributed by atoms with Gasteiger partial charge in [0, 0.05) is 26.0 Å². The average molecular weight is 574 g/mol. The molecule has 0 saturated heterocycles. The number of hydrogen-bond acceptors (Lipinski definition) is 3. The number of rotatable bonds is 3. The van der Waals surface area contributed by atoms with Crippen LogP contribution in [0.3, 0.4) is 0 Å². The van der Waals surface area contributed by atoms with Crippen LogP contribution < -0.4 is 14.8 Å². The summed E-state index contributed by atoms with van der Waals surface area (Å²) in [5.41, 5.74) is 6.22. The second-order valence-corrected chi connectivity index (χ2v) is 10.3. The first-order chi connectivity index (χ1) is 15.5. The highest BCUT2D eigenvalue weighted by Crippen LogP contribution is 2.53. The highest BCUT2D eigenvalue weighted by molar-refractivity contribution is 9.11. The number of carbonyl (C=O) groups is 1. The van der Waals surface area contributed by atoms with Crippen molar-refractivity contribution in [1.82, 2.24) is 0 Å². The van der Waals surface area contributed by atoms with Crippen LogP contribution in [-0.4, -0.2) is 12.7 Å². The Hall–Kier alpha value is -2.28. The van der Waals surface area contributed by atoms with Gasteiger partial charge in [0.15, 0.2) is 11.5 Å². The molecule has 1 amide bonds. The number of amides is 1. The van der Waals surface area contributed by atoms with Crippen molar-refractivity contribution in [2.45, 2.75) is 18.3 Å². The van der Waals surface area contributed by atoms with Gasteiger partial charge in [-0.3, -0.25) is 4.79 Å². The predicted molar refractivity (Wildman–Crippen MR) is 132 cm³/mol. The molecule has 0 fully saturated rings. The van der Waals surface area contributed by atoms with Gasteiger partial charge in [-0.15, -0.1) is 0 Å². The van der Waals surface area contributed by atoms with E-state index in [4.69, 9.17) is 21.1 Å². The Morgan fingerprint density at radius 1 is 1.00 bits per heavy atom. The summed E-state index contributed by atoms with van der Waals surface area (Å²) >= 11 is 13.8. The van der Waals surface area contributed by atoms with E-state index in [-0.39, 0.29) is 24.5 Å². The number of halogens is 3. The van der Waals surface area contributed by atoms with Crippen molar-refractivity contribution in [3.63, 3.8) is 0 Å². The van der Waals surface area contributed by atoms with E-state index >= 15 is 0 Å². The third kappa shape index (κ3) is 3.19. The largest absolute Gasteiger partial charge is 0.454 e. The van der Waals surface area contributed by atoms with E-state index in [1.165, 1.54) is 0 Å². The van der Waals surface area contributed by atoms with Gasteiger partial charge >= 0.3 is 0 Å². The Balaban J connectivity index is 1.45. The predicted octanol–water partition coefficient (Wildman–Crippen LogP) is 7.05. The van der Waals surface area contributed by atoms with Crippen molar-refractivity contribution < 1.29 is 14.3 Å². The first-order valence-electron chi connectivity index (χ1n) is 10.2. The van der Waals surface area contributed by atoms with Gasteiger partial charge in [-0.1, -0.05) is 63.4 Å². The van der Waals surface area contributed by atoms with Gasteiger partial charge in [0.1, 0.15) is 0 Å². The van der Waals surface area contributed by atoms with Crippen molar-refractivity contribution in [2.75, 3.05) is 12.1 Å². The topological polar surface area (TPSA) is 47.6 Å². The smallest absolute Gasteiger partial charge is 0.232 e. The molecule has 0 bridgehead atoms. The van der Waals surface area contributed by atoms with Crippen molar-refractivity contribution in [2.24, 2.45) is 0 Å². The van der Waals surface area contributed by atoms with Crippen LogP contribution in [0, 0.1) is 0 Å². The molecule has 2 aliphatic heterocycles. The summed E-state index contributed by atoms with van der Waals surface area (Å²) in [6.07, 6.45) is 2.81. The summed E-state index contributed by atoms with van der Waals surface area (Å²) in [6.45, 7) is 0.203. The summed E-state index contributed by atoms with van der Waals surface area (Å²) in [5.74, 6) is 0.950. The molecule has 0 aromatic heterocycles. The molecule has 0 radical (unpaired) electrons. The van der Waals surface area contributed by atoms with Crippen molar-refractivity contribution in [1.29, 1.82) is 0 Å². The molecule has 2 atom stereocenters. The zero-order chi connectivity index (χ0) is 22.0. The van der Waals surface area contributed by atoms with E-state index in [0.29, 0.717) is 22.9 Å². The maximum atomic E-state index is 13.3. The van der Waals surface area contributed by atoms with E-state index in [0.717, 1.165) is 42.5 Å². The Labute approximate surface area is 206 Å². The Kier molecular flexibility index (Phi) is 4.86. The van der Waals surface area contributed by atoms with Gasteiger partial charge in [-0.05, 0) is 62.8 Å². The number of fused-ring (bicyclic) bond motifs is 3. The Bertz CT molecular complexity index is 1340. The van der Waals surface area contributed by atoms with Gasteiger partial charge in [0.25, 0.3) is 0 Å². The van der Waals surface area contributed by atoms with Crippen LogP contribution >= 0.6 is 43.5 Å². The van der Waals surface area contributed by atoms with Crippen molar-refractivity contribution >= 4 is 61.1 Å².